The number of hydrogen-bond acceptors (Lipinski definition) is 3. The molecule has 3 nitrogen and oxygen atoms in total. The first-order valence-electron chi connectivity index (χ1n) is 6.54. The van der Waals surface area contributed by atoms with Crippen LogP contribution in [0.1, 0.15) is 37.1 Å². The van der Waals surface area contributed by atoms with E-state index in [1.807, 2.05) is 56.3 Å². The number of pyridine rings is 1. The van der Waals surface area contributed by atoms with Crippen LogP contribution in [0.25, 0.3) is 0 Å². The fourth-order valence-electron chi connectivity index (χ4n) is 2.09. The van der Waals surface area contributed by atoms with Crippen molar-refractivity contribution in [3.8, 4) is 5.75 Å². The second-order valence-electron chi connectivity index (χ2n) is 4.46. The van der Waals surface area contributed by atoms with Gasteiger partial charge in [0.15, 0.2) is 0 Å². The van der Waals surface area contributed by atoms with E-state index < -0.39 is 6.10 Å². The lowest BCUT2D eigenvalue weighted by atomic mass is 9.93. The minimum Gasteiger partial charge on any atom is -0.493 e. The smallest absolute Gasteiger partial charge is 0.125 e. The number of aromatic nitrogens is 1. The summed E-state index contributed by atoms with van der Waals surface area (Å²) >= 11 is 0. The van der Waals surface area contributed by atoms with Gasteiger partial charge in [0.25, 0.3) is 0 Å². The van der Waals surface area contributed by atoms with Gasteiger partial charge in [-0.3, -0.25) is 4.98 Å². The number of para-hydroxylation sites is 1. The SMILES string of the molecule is CCOc1ccccc1C(O)C(C)c1ccccn1. The molecule has 1 heterocycles. The Bertz CT molecular complexity index is 513. The van der Waals surface area contributed by atoms with Crippen LogP contribution in [0.15, 0.2) is 48.7 Å². The Kier molecular flexibility index (Phi) is 4.53. The second-order valence-corrected chi connectivity index (χ2v) is 4.46. The standard InChI is InChI=1S/C16H19NO2/c1-3-19-15-10-5-4-8-13(15)16(18)12(2)14-9-6-7-11-17-14/h4-12,16,18H,3H2,1-2H3. The monoisotopic (exact) mass is 257 g/mol. The lowest BCUT2D eigenvalue weighted by Gasteiger charge is -2.21. The molecule has 3 heteroatoms. The zero-order valence-electron chi connectivity index (χ0n) is 11.3. The highest BCUT2D eigenvalue weighted by Gasteiger charge is 2.22. The summed E-state index contributed by atoms with van der Waals surface area (Å²) in [6.07, 6.45) is 1.12. The van der Waals surface area contributed by atoms with E-state index in [1.54, 1.807) is 6.20 Å². The molecule has 0 radical (unpaired) electrons. The van der Waals surface area contributed by atoms with E-state index in [0.717, 1.165) is 17.0 Å². The largest absolute Gasteiger partial charge is 0.493 e. The molecular weight excluding hydrogens is 238 g/mol. The molecule has 2 unspecified atom stereocenters. The molecule has 0 saturated carbocycles. The third kappa shape index (κ3) is 3.12. The number of hydrogen-bond donors (Lipinski definition) is 1. The number of aliphatic hydroxyl groups excluding tert-OH is 1. The van der Waals surface area contributed by atoms with Gasteiger partial charge in [0, 0.05) is 23.4 Å². The molecule has 19 heavy (non-hydrogen) atoms. The van der Waals surface area contributed by atoms with Crippen LogP contribution in [0.2, 0.25) is 0 Å². The highest BCUT2D eigenvalue weighted by Crippen LogP contribution is 2.34. The van der Waals surface area contributed by atoms with E-state index >= 15 is 0 Å². The third-order valence-electron chi connectivity index (χ3n) is 3.17. The molecule has 0 amide bonds. The normalized spacial score (nSPS) is 13.8. The van der Waals surface area contributed by atoms with Crippen molar-refractivity contribution in [1.29, 1.82) is 0 Å². The van der Waals surface area contributed by atoms with Crippen molar-refractivity contribution in [2.75, 3.05) is 6.61 Å². The molecule has 2 atom stereocenters. The van der Waals surface area contributed by atoms with Crippen LogP contribution in [0.4, 0.5) is 0 Å². The van der Waals surface area contributed by atoms with Gasteiger partial charge >= 0.3 is 0 Å². The summed E-state index contributed by atoms with van der Waals surface area (Å²) < 4.78 is 5.56. The van der Waals surface area contributed by atoms with Crippen LogP contribution in [0.5, 0.6) is 5.75 Å². The van der Waals surface area contributed by atoms with Gasteiger partial charge in [0.2, 0.25) is 0 Å². The Labute approximate surface area is 113 Å². The number of benzene rings is 1. The molecule has 2 aromatic rings. The van der Waals surface area contributed by atoms with Crippen LogP contribution >= 0.6 is 0 Å². The molecule has 0 saturated heterocycles. The lowest BCUT2D eigenvalue weighted by molar-refractivity contribution is 0.145. The van der Waals surface area contributed by atoms with Gasteiger partial charge < -0.3 is 9.84 Å². The average molecular weight is 257 g/mol. The van der Waals surface area contributed by atoms with Crippen molar-refractivity contribution >= 4 is 0 Å². The summed E-state index contributed by atoms with van der Waals surface area (Å²) in [5.74, 6) is 0.656. The highest BCUT2D eigenvalue weighted by molar-refractivity contribution is 5.36. The highest BCUT2D eigenvalue weighted by atomic mass is 16.5. The first-order chi connectivity index (χ1) is 9.24. The van der Waals surface area contributed by atoms with Crippen molar-refractivity contribution < 1.29 is 9.84 Å². The summed E-state index contributed by atoms with van der Waals surface area (Å²) in [6, 6.07) is 13.3. The van der Waals surface area contributed by atoms with Gasteiger partial charge in [-0.05, 0) is 25.1 Å². The Morgan fingerprint density at radius 1 is 1.16 bits per heavy atom. The minimum absolute atomic E-state index is 0.0807. The molecule has 100 valence electrons. The average Bonchev–Trinajstić information content (AvgIpc) is 2.47. The van der Waals surface area contributed by atoms with E-state index in [-0.39, 0.29) is 5.92 Å². The van der Waals surface area contributed by atoms with Gasteiger partial charge in [0.05, 0.1) is 12.7 Å². The summed E-state index contributed by atoms with van der Waals surface area (Å²) in [5, 5.41) is 10.5. The molecule has 0 aliphatic carbocycles. The van der Waals surface area contributed by atoms with Crippen LogP contribution in [0.3, 0.4) is 0 Å². The Hall–Kier alpha value is -1.87. The van der Waals surface area contributed by atoms with E-state index in [1.165, 1.54) is 0 Å². The molecule has 0 fully saturated rings. The van der Waals surface area contributed by atoms with Crippen molar-refractivity contribution in [2.24, 2.45) is 0 Å². The van der Waals surface area contributed by atoms with Crippen LogP contribution < -0.4 is 4.74 Å². The van der Waals surface area contributed by atoms with E-state index in [4.69, 9.17) is 4.74 Å². The van der Waals surface area contributed by atoms with Crippen molar-refractivity contribution in [2.45, 2.75) is 25.9 Å². The predicted octanol–water partition coefficient (Wildman–Crippen LogP) is 3.32. The molecular formula is C16H19NO2. The zero-order chi connectivity index (χ0) is 13.7. The first-order valence-corrected chi connectivity index (χ1v) is 6.54. The van der Waals surface area contributed by atoms with Gasteiger partial charge in [-0.15, -0.1) is 0 Å². The fourth-order valence-corrected chi connectivity index (χ4v) is 2.09. The Morgan fingerprint density at radius 3 is 2.58 bits per heavy atom. The lowest BCUT2D eigenvalue weighted by Crippen LogP contribution is -2.10. The molecule has 1 N–H and O–H groups in total. The van der Waals surface area contributed by atoms with Gasteiger partial charge in [-0.1, -0.05) is 31.2 Å². The van der Waals surface area contributed by atoms with Gasteiger partial charge in [0.1, 0.15) is 5.75 Å². The fraction of sp³-hybridized carbons (Fsp3) is 0.312. The third-order valence-corrected chi connectivity index (χ3v) is 3.17. The summed E-state index contributed by atoms with van der Waals surface area (Å²) in [6.45, 7) is 4.49. The maximum absolute atomic E-state index is 10.5. The quantitative estimate of drug-likeness (QED) is 0.893. The molecule has 2 rings (SSSR count). The number of rotatable bonds is 5. The Balaban J connectivity index is 2.26. The molecule has 0 bridgehead atoms. The molecule has 0 spiro atoms. The van der Waals surface area contributed by atoms with E-state index in [2.05, 4.69) is 4.98 Å². The van der Waals surface area contributed by atoms with E-state index in [9.17, 15) is 5.11 Å². The van der Waals surface area contributed by atoms with E-state index in [0.29, 0.717) is 6.61 Å². The maximum atomic E-state index is 10.5. The van der Waals surface area contributed by atoms with Crippen LogP contribution in [0, 0.1) is 0 Å². The maximum Gasteiger partial charge on any atom is 0.125 e. The summed E-state index contributed by atoms with van der Waals surface area (Å²) in [5.41, 5.74) is 1.68. The van der Waals surface area contributed by atoms with Gasteiger partial charge in [-0.2, -0.15) is 0 Å². The number of ether oxygens (including phenoxy) is 1. The van der Waals surface area contributed by atoms with Crippen molar-refractivity contribution in [3.63, 3.8) is 0 Å². The predicted molar refractivity (Wildman–Crippen MR) is 75.2 cm³/mol. The molecule has 0 aliphatic rings. The summed E-state index contributed by atoms with van der Waals surface area (Å²) in [4.78, 5) is 4.30. The second kappa shape index (κ2) is 6.34. The van der Waals surface area contributed by atoms with Crippen molar-refractivity contribution in [3.05, 3.63) is 59.9 Å². The van der Waals surface area contributed by atoms with Crippen LogP contribution in [-0.2, 0) is 0 Å². The van der Waals surface area contributed by atoms with Crippen LogP contribution in [-0.4, -0.2) is 16.7 Å². The minimum atomic E-state index is -0.627. The van der Waals surface area contributed by atoms with Crippen molar-refractivity contribution in [1.82, 2.24) is 4.98 Å². The first kappa shape index (κ1) is 13.6. The number of nitrogens with zero attached hydrogens (tertiary/aromatic N) is 1. The number of aliphatic hydroxyl groups is 1. The zero-order valence-corrected chi connectivity index (χ0v) is 11.3. The molecule has 1 aromatic carbocycles. The summed E-state index contributed by atoms with van der Waals surface area (Å²) in [7, 11) is 0. The van der Waals surface area contributed by atoms with Gasteiger partial charge in [-0.25, -0.2) is 0 Å². The Morgan fingerprint density at radius 2 is 1.89 bits per heavy atom. The molecule has 0 aliphatic heterocycles. The molecule has 1 aromatic heterocycles. The topological polar surface area (TPSA) is 42.4 Å².